The first-order valence-electron chi connectivity index (χ1n) is 4.46. The predicted octanol–water partition coefficient (Wildman–Crippen LogP) is -0.967. The first kappa shape index (κ1) is 12.2. The summed E-state index contributed by atoms with van der Waals surface area (Å²) in [5, 5.41) is 27.3. The van der Waals surface area contributed by atoms with Gasteiger partial charge in [0, 0.05) is 11.3 Å². The average molecular weight is 227 g/mol. The van der Waals surface area contributed by atoms with Crippen LogP contribution >= 0.6 is 0 Å². The van der Waals surface area contributed by atoms with E-state index in [9.17, 15) is 15.0 Å². The van der Waals surface area contributed by atoms with Gasteiger partial charge in [0.25, 0.3) is 0 Å². The highest BCUT2D eigenvalue weighted by atomic mass is 16.4. The number of hydrogen-bond acceptors (Lipinski definition) is 6. The highest BCUT2D eigenvalue weighted by molar-refractivity contribution is 5.73. The van der Waals surface area contributed by atoms with Crippen molar-refractivity contribution in [2.24, 2.45) is 0 Å². The van der Waals surface area contributed by atoms with Crippen molar-refractivity contribution in [2.45, 2.75) is 19.1 Å². The number of aliphatic hydroxyl groups excluding tert-OH is 2. The van der Waals surface area contributed by atoms with E-state index in [-0.39, 0.29) is 17.1 Å². The van der Waals surface area contributed by atoms with E-state index in [0.717, 1.165) is 0 Å². The van der Waals surface area contributed by atoms with Gasteiger partial charge in [0.2, 0.25) is 0 Å². The van der Waals surface area contributed by atoms with Crippen molar-refractivity contribution in [1.82, 2.24) is 4.98 Å². The third-order valence-electron chi connectivity index (χ3n) is 2.18. The van der Waals surface area contributed by atoms with Gasteiger partial charge < -0.3 is 26.8 Å². The zero-order chi connectivity index (χ0) is 12.5. The van der Waals surface area contributed by atoms with Crippen molar-refractivity contribution in [1.29, 1.82) is 0 Å². The van der Waals surface area contributed by atoms with Gasteiger partial charge in [-0.1, -0.05) is 0 Å². The molecule has 0 amide bonds. The molecule has 7 N–H and O–H groups in total. The first-order valence-corrected chi connectivity index (χ1v) is 4.46. The van der Waals surface area contributed by atoms with Crippen molar-refractivity contribution in [3.8, 4) is 0 Å². The van der Waals surface area contributed by atoms with Gasteiger partial charge in [0.05, 0.1) is 5.69 Å². The van der Waals surface area contributed by atoms with E-state index in [2.05, 4.69) is 4.98 Å². The molecular formula is C9H13N3O4. The monoisotopic (exact) mass is 227 g/mol. The molecule has 0 saturated heterocycles. The lowest BCUT2D eigenvalue weighted by atomic mass is 10.0. The maximum absolute atomic E-state index is 10.5. The highest BCUT2D eigenvalue weighted by Crippen LogP contribution is 2.24. The van der Waals surface area contributed by atoms with Crippen LogP contribution in [-0.4, -0.2) is 32.4 Å². The molecule has 0 bridgehead atoms. The number of nitrogens with zero attached hydrogens (tertiary/aromatic N) is 1. The average Bonchev–Trinajstić information content (AvgIpc) is 2.21. The number of aliphatic hydroxyl groups is 2. The van der Waals surface area contributed by atoms with Crippen molar-refractivity contribution >= 4 is 17.5 Å². The number of rotatable bonds is 3. The van der Waals surface area contributed by atoms with Gasteiger partial charge in [-0.15, -0.1) is 0 Å². The van der Waals surface area contributed by atoms with Crippen molar-refractivity contribution in [3.05, 3.63) is 17.3 Å². The Labute approximate surface area is 91.3 Å². The molecule has 0 aliphatic carbocycles. The largest absolute Gasteiger partial charge is 0.479 e. The molecule has 0 aliphatic heterocycles. The summed E-state index contributed by atoms with van der Waals surface area (Å²) in [6, 6.07) is 1.30. The minimum Gasteiger partial charge on any atom is -0.479 e. The molecule has 0 spiro atoms. The number of aromatic nitrogens is 1. The Kier molecular flexibility index (Phi) is 3.31. The van der Waals surface area contributed by atoms with Crippen LogP contribution in [0.5, 0.6) is 0 Å². The normalized spacial score (nSPS) is 14.4. The van der Waals surface area contributed by atoms with Gasteiger partial charge in [-0.05, 0) is 13.0 Å². The number of nitrogen functional groups attached to an aromatic ring is 2. The summed E-state index contributed by atoms with van der Waals surface area (Å²) in [5.41, 5.74) is 11.5. The van der Waals surface area contributed by atoms with E-state index >= 15 is 0 Å². The number of carboxylic acid groups (broad SMARTS) is 1. The standard InChI is InChI=1S/C9H13N3O4/c1-3-4(2-5(10)8(11)12-3)6(13)7(14)9(15)16/h2,6-7,13-14H,10H2,1H3,(H2,11,12)(H,15,16). The van der Waals surface area contributed by atoms with Crippen LogP contribution in [0.15, 0.2) is 6.07 Å². The lowest BCUT2D eigenvalue weighted by Crippen LogP contribution is -2.28. The summed E-state index contributed by atoms with van der Waals surface area (Å²) < 4.78 is 0. The smallest absolute Gasteiger partial charge is 0.335 e. The van der Waals surface area contributed by atoms with Crippen LogP contribution in [0.4, 0.5) is 11.5 Å². The summed E-state index contributed by atoms with van der Waals surface area (Å²) in [5.74, 6) is -1.43. The quantitative estimate of drug-likeness (QED) is 0.447. The molecule has 0 aliphatic rings. The van der Waals surface area contributed by atoms with E-state index in [1.807, 2.05) is 0 Å². The maximum Gasteiger partial charge on any atom is 0.335 e. The van der Waals surface area contributed by atoms with Crippen LogP contribution < -0.4 is 11.5 Å². The lowest BCUT2D eigenvalue weighted by Gasteiger charge is -2.17. The van der Waals surface area contributed by atoms with Crippen molar-refractivity contribution < 1.29 is 20.1 Å². The Morgan fingerprint density at radius 3 is 2.50 bits per heavy atom. The second kappa shape index (κ2) is 4.33. The second-order valence-corrected chi connectivity index (χ2v) is 3.37. The number of pyridine rings is 1. The predicted molar refractivity (Wildman–Crippen MR) is 56.4 cm³/mol. The molecule has 2 unspecified atom stereocenters. The molecule has 0 aromatic carbocycles. The van der Waals surface area contributed by atoms with E-state index in [1.165, 1.54) is 13.0 Å². The van der Waals surface area contributed by atoms with Gasteiger partial charge >= 0.3 is 5.97 Å². The van der Waals surface area contributed by atoms with Crippen LogP contribution in [0.3, 0.4) is 0 Å². The highest BCUT2D eigenvalue weighted by Gasteiger charge is 2.27. The number of carboxylic acids is 1. The Balaban J connectivity index is 3.13. The fraction of sp³-hybridized carbons (Fsp3) is 0.333. The van der Waals surface area contributed by atoms with Gasteiger partial charge in [0.15, 0.2) is 6.10 Å². The fourth-order valence-electron chi connectivity index (χ4n) is 1.26. The van der Waals surface area contributed by atoms with Crippen molar-refractivity contribution in [3.63, 3.8) is 0 Å². The van der Waals surface area contributed by atoms with Crippen LogP contribution in [-0.2, 0) is 4.79 Å². The van der Waals surface area contributed by atoms with E-state index in [1.54, 1.807) is 0 Å². The molecule has 16 heavy (non-hydrogen) atoms. The Hall–Kier alpha value is -1.86. The molecule has 2 atom stereocenters. The summed E-state index contributed by atoms with van der Waals surface area (Å²) in [7, 11) is 0. The Bertz CT molecular complexity index is 421. The molecule has 0 radical (unpaired) electrons. The van der Waals surface area contributed by atoms with Crippen LogP contribution in [0.25, 0.3) is 0 Å². The molecule has 1 aromatic heterocycles. The number of anilines is 2. The van der Waals surface area contributed by atoms with Crippen LogP contribution in [0, 0.1) is 6.92 Å². The number of aryl methyl sites for hydroxylation is 1. The summed E-state index contributed by atoms with van der Waals surface area (Å²) >= 11 is 0. The number of nitrogens with two attached hydrogens (primary N) is 2. The minimum absolute atomic E-state index is 0.0956. The summed E-state index contributed by atoms with van der Waals surface area (Å²) in [6.45, 7) is 1.53. The molecular weight excluding hydrogens is 214 g/mol. The molecule has 1 rings (SSSR count). The second-order valence-electron chi connectivity index (χ2n) is 3.37. The molecule has 7 nitrogen and oxygen atoms in total. The van der Waals surface area contributed by atoms with Gasteiger partial charge in [-0.25, -0.2) is 9.78 Å². The van der Waals surface area contributed by atoms with Gasteiger partial charge in [-0.2, -0.15) is 0 Å². The topological polar surface area (TPSA) is 143 Å². The van der Waals surface area contributed by atoms with E-state index in [4.69, 9.17) is 16.6 Å². The zero-order valence-electron chi connectivity index (χ0n) is 8.58. The van der Waals surface area contributed by atoms with Gasteiger partial charge in [0.1, 0.15) is 11.9 Å². The van der Waals surface area contributed by atoms with E-state index in [0.29, 0.717) is 5.69 Å². The lowest BCUT2D eigenvalue weighted by molar-refractivity contribution is -0.153. The first-order chi connectivity index (χ1) is 7.34. The molecule has 1 heterocycles. The number of aliphatic carboxylic acids is 1. The molecule has 7 heteroatoms. The van der Waals surface area contributed by atoms with Crippen LogP contribution in [0.2, 0.25) is 0 Å². The summed E-state index contributed by atoms with van der Waals surface area (Å²) in [6.07, 6.45) is -3.52. The molecule has 0 fully saturated rings. The summed E-state index contributed by atoms with van der Waals surface area (Å²) in [4.78, 5) is 14.3. The fourth-order valence-corrected chi connectivity index (χ4v) is 1.26. The third kappa shape index (κ3) is 2.20. The Morgan fingerprint density at radius 1 is 1.44 bits per heavy atom. The minimum atomic E-state index is -1.93. The van der Waals surface area contributed by atoms with Crippen LogP contribution in [0.1, 0.15) is 17.4 Å². The number of hydrogen-bond donors (Lipinski definition) is 5. The maximum atomic E-state index is 10.5. The zero-order valence-corrected chi connectivity index (χ0v) is 8.58. The SMILES string of the molecule is Cc1nc(N)c(N)cc1C(O)C(O)C(=O)O. The third-order valence-corrected chi connectivity index (χ3v) is 2.18. The molecule has 0 saturated carbocycles. The van der Waals surface area contributed by atoms with Crippen molar-refractivity contribution in [2.75, 3.05) is 11.5 Å². The molecule has 1 aromatic rings. The van der Waals surface area contributed by atoms with Gasteiger partial charge in [-0.3, -0.25) is 0 Å². The van der Waals surface area contributed by atoms with E-state index < -0.39 is 18.2 Å². The Morgan fingerprint density at radius 2 is 2.00 bits per heavy atom. The number of carbonyl (C=O) groups is 1. The molecule has 88 valence electrons.